The highest BCUT2D eigenvalue weighted by Gasteiger charge is 2.53. The second-order valence-electron chi connectivity index (χ2n) is 6.15. The Morgan fingerprint density at radius 3 is 2.33 bits per heavy atom. The lowest BCUT2D eigenvalue weighted by atomic mass is 9.85. The number of carbonyl (C=O) groups excluding carboxylic acids is 1. The molecule has 3 N–H and O–H groups in total. The molecule has 6 heteroatoms. The Kier molecular flexibility index (Phi) is 3.29. The van der Waals surface area contributed by atoms with Crippen LogP contribution in [0, 0.1) is 0 Å². The second-order valence-corrected chi connectivity index (χ2v) is 6.15. The first-order valence-corrected chi connectivity index (χ1v) is 6.32. The maximum atomic E-state index is 11.9. The number of aliphatic hydroxyl groups is 1. The number of nitrogens with two attached hydrogens (primary N) is 1. The van der Waals surface area contributed by atoms with Gasteiger partial charge in [0.25, 0.3) is 0 Å². The molecule has 2 saturated heterocycles. The summed E-state index contributed by atoms with van der Waals surface area (Å²) in [5, 5.41) is 9.26. The Labute approximate surface area is 107 Å². The van der Waals surface area contributed by atoms with E-state index in [4.69, 9.17) is 15.2 Å². The van der Waals surface area contributed by atoms with Crippen molar-refractivity contribution in [1.82, 2.24) is 4.90 Å². The quantitative estimate of drug-likeness (QED) is 0.666. The van der Waals surface area contributed by atoms with Gasteiger partial charge in [0.15, 0.2) is 6.29 Å². The van der Waals surface area contributed by atoms with Gasteiger partial charge in [0.2, 0.25) is 0 Å². The molecule has 2 aliphatic heterocycles. The number of nitrogens with zero attached hydrogens (tertiary/aromatic N) is 1. The van der Waals surface area contributed by atoms with E-state index in [1.807, 2.05) is 20.8 Å². The van der Waals surface area contributed by atoms with Gasteiger partial charge in [0.1, 0.15) is 11.7 Å². The lowest BCUT2D eigenvalue weighted by molar-refractivity contribution is 0.0153. The van der Waals surface area contributed by atoms with Crippen LogP contribution in [0.3, 0.4) is 0 Å². The van der Waals surface area contributed by atoms with Gasteiger partial charge in [-0.2, -0.15) is 0 Å². The van der Waals surface area contributed by atoms with Crippen molar-refractivity contribution in [1.29, 1.82) is 0 Å². The fraction of sp³-hybridized carbons (Fsp3) is 0.917. The molecular formula is C12H22N2O4. The van der Waals surface area contributed by atoms with E-state index in [0.29, 0.717) is 25.9 Å². The summed E-state index contributed by atoms with van der Waals surface area (Å²) < 4.78 is 10.3. The SMILES string of the molecule is CC(C)(C)OC(=O)N1CCC(N)(C2OC2O)CC1. The van der Waals surface area contributed by atoms with Crippen molar-refractivity contribution in [2.45, 2.75) is 57.1 Å². The van der Waals surface area contributed by atoms with Gasteiger partial charge in [-0.1, -0.05) is 0 Å². The third-order valence-electron chi connectivity index (χ3n) is 3.38. The van der Waals surface area contributed by atoms with Crippen LogP contribution in [0.15, 0.2) is 0 Å². The Hall–Kier alpha value is -0.850. The predicted molar refractivity (Wildman–Crippen MR) is 64.8 cm³/mol. The van der Waals surface area contributed by atoms with Gasteiger partial charge in [-0.3, -0.25) is 0 Å². The maximum absolute atomic E-state index is 11.9. The van der Waals surface area contributed by atoms with Crippen LogP contribution in [-0.4, -0.2) is 52.7 Å². The van der Waals surface area contributed by atoms with E-state index >= 15 is 0 Å². The van der Waals surface area contributed by atoms with E-state index in [1.165, 1.54) is 0 Å². The van der Waals surface area contributed by atoms with E-state index in [2.05, 4.69) is 0 Å². The van der Waals surface area contributed by atoms with Crippen LogP contribution in [0.2, 0.25) is 0 Å². The zero-order valence-electron chi connectivity index (χ0n) is 11.2. The van der Waals surface area contributed by atoms with Gasteiger partial charge in [-0.25, -0.2) is 4.79 Å². The lowest BCUT2D eigenvalue weighted by Gasteiger charge is -2.38. The number of ether oxygens (including phenoxy) is 2. The zero-order chi connectivity index (χ0) is 13.6. The smallest absolute Gasteiger partial charge is 0.410 e. The van der Waals surface area contributed by atoms with Crippen molar-refractivity contribution in [3.8, 4) is 0 Å². The van der Waals surface area contributed by atoms with Gasteiger partial charge in [0.05, 0.1) is 5.54 Å². The summed E-state index contributed by atoms with van der Waals surface area (Å²) in [4.78, 5) is 13.5. The molecule has 0 saturated carbocycles. The number of aliphatic hydroxyl groups excluding tert-OH is 1. The second kappa shape index (κ2) is 4.36. The number of likely N-dealkylation sites (tertiary alicyclic amines) is 1. The van der Waals surface area contributed by atoms with Crippen LogP contribution in [0.25, 0.3) is 0 Å². The number of piperidine rings is 1. The summed E-state index contributed by atoms with van der Waals surface area (Å²) in [5.74, 6) is 0. The Morgan fingerprint density at radius 1 is 1.44 bits per heavy atom. The molecule has 2 fully saturated rings. The summed E-state index contributed by atoms with van der Waals surface area (Å²) in [7, 11) is 0. The van der Waals surface area contributed by atoms with Gasteiger partial charge < -0.3 is 25.2 Å². The molecule has 0 aromatic heterocycles. The van der Waals surface area contributed by atoms with E-state index in [-0.39, 0.29) is 12.2 Å². The summed E-state index contributed by atoms with van der Waals surface area (Å²) in [6.45, 7) is 6.61. The largest absolute Gasteiger partial charge is 0.444 e. The van der Waals surface area contributed by atoms with Crippen LogP contribution < -0.4 is 5.73 Å². The number of hydrogen-bond acceptors (Lipinski definition) is 5. The van der Waals surface area contributed by atoms with Crippen LogP contribution in [0.1, 0.15) is 33.6 Å². The first kappa shape index (κ1) is 13.6. The van der Waals surface area contributed by atoms with E-state index in [0.717, 1.165) is 0 Å². The minimum atomic E-state index is -0.733. The van der Waals surface area contributed by atoms with E-state index in [1.54, 1.807) is 4.90 Å². The van der Waals surface area contributed by atoms with Crippen LogP contribution >= 0.6 is 0 Å². The number of epoxide rings is 1. The summed E-state index contributed by atoms with van der Waals surface area (Å²) in [6, 6.07) is 0. The molecule has 0 aromatic carbocycles. The molecular weight excluding hydrogens is 236 g/mol. The normalized spacial score (nSPS) is 31.1. The minimum Gasteiger partial charge on any atom is -0.444 e. The van der Waals surface area contributed by atoms with Gasteiger partial charge in [0, 0.05) is 13.1 Å². The highest BCUT2D eigenvalue weighted by Crippen LogP contribution is 2.36. The number of carbonyl (C=O) groups is 1. The minimum absolute atomic E-state index is 0.279. The molecule has 104 valence electrons. The van der Waals surface area contributed by atoms with Crippen molar-refractivity contribution in [3.63, 3.8) is 0 Å². The molecule has 0 bridgehead atoms. The monoisotopic (exact) mass is 258 g/mol. The first-order chi connectivity index (χ1) is 8.21. The zero-order valence-corrected chi connectivity index (χ0v) is 11.2. The van der Waals surface area contributed by atoms with Crippen molar-refractivity contribution in [2.24, 2.45) is 5.73 Å². The molecule has 1 amide bonds. The highest BCUT2D eigenvalue weighted by atomic mass is 16.7. The first-order valence-electron chi connectivity index (χ1n) is 6.32. The average Bonchev–Trinajstić information content (AvgIpc) is 2.94. The van der Waals surface area contributed by atoms with Crippen molar-refractivity contribution < 1.29 is 19.4 Å². The van der Waals surface area contributed by atoms with Crippen molar-refractivity contribution in [2.75, 3.05) is 13.1 Å². The van der Waals surface area contributed by atoms with E-state index in [9.17, 15) is 9.90 Å². The van der Waals surface area contributed by atoms with Gasteiger partial charge in [-0.05, 0) is 33.6 Å². The Bertz CT molecular complexity index is 331. The molecule has 6 nitrogen and oxygen atoms in total. The topological polar surface area (TPSA) is 88.3 Å². The Balaban J connectivity index is 1.85. The summed E-state index contributed by atoms with van der Waals surface area (Å²) >= 11 is 0. The average molecular weight is 258 g/mol. The third kappa shape index (κ3) is 2.93. The fourth-order valence-electron chi connectivity index (χ4n) is 2.24. The summed E-state index contributed by atoms with van der Waals surface area (Å²) in [6.07, 6.45) is -0.0785. The molecule has 2 atom stereocenters. The fourth-order valence-corrected chi connectivity index (χ4v) is 2.24. The van der Waals surface area contributed by atoms with Crippen LogP contribution in [-0.2, 0) is 9.47 Å². The molecule has 0 aromatic rings. The lowest BCUT2D eigenvalue weighted by Crippen LogP contribution is -2.56. The van der Waals surface area contributed by atoms with Crippen LogP contribution in [0.4, 0.5) is 4.79 Å². The van der Waals surface area contributed by atoms with Crippen LogP contribution in [0.5, 0.6) is 0 Å². The number of hydrogen-bond donors (Lipinski definition) is 2. The number of rotatable bonds is 1. The molecule has 18 heavy (non-hydrogen) atoms. The standard InChI is InChI=1S/C12H22N2O4/c1-11(2,3)18-10(16)14-6-4-12(13,5-7-14)8-9(15)17-8/h8-9,15H,4-7,13H2,1-3H3. The predicted octanol–water partition coefficient (Wildman–Crippen LogP) is 0.432. The highest BCUT2D eigenvalue weighted by molar-refractivity contribution is 5.68. The molecule has 2 aliphatic rings. The van der Waals surface area contributed by atoms with Crippen molar-refractivity contribution in [3.05, 3.63) is 0 Å². The third-order valence-corrected chi connectivity index (χ3v) is 3.38. The van der Waals surface area contributed by atoms with Crippen molar-refractivity contribution >= 4 is 6.09 Å². The number of amides is 1. The molecule has 0 radical (unpaired) electrons. The summed E-state index contributed by atoms with van der Waals surface area (Å²) in [5.41, 5.74) is 5.18. The molecule has 2 heterocycles. The molecule has 2 rings (SSSR count). The molecule has 0 aliphatic carbocycles. The van der Waals surface area contributed by atoms with E-state index < -0.39 is 17.4 Å². The molecule has 2 unspecified atom stereocenters. The van der Waals surface area contributed by atoms with Gasteiger partial charge >= 0.3 is 6.09 Å². The maximum Gasteiger partial charge on any atom is 0.410 e. The molecule has 0 spiro atoms. The van der Waals surface area contributed by atoms with Gasteiger partial charge in [-0.15, -0.1) is 0 Å². The Morgan fingerprint density at radius 2 is 1.94 bits per heavy atom.